The molecule has 0 bridgehead atoms. The first kappa shape index (κ1) is 34.6. The minimum Gasteiger partial charge on any atom is -0.493 e. The topological polar surface area (TPSA) is 91.5 Å². The van der Waals surface area contributed by atoms with E-state index >= 15 is 0 Å². The molecule has 3 aromatic carbocycles. The van der Waals surface area contributed by atoms with Crippen molar-refractivity contribution in [3.8, 4) is 5.75 Å². The van der Waals surface area contributed by atoms with Crippen molar-refractivity contribution < 1.29 is 14.3 Å². The average Bonchev–Trinajstić information content (AvgIpc) is 3.37. The lowest BCUT2D eigenvalue weighted by Crippen LogP contribution is -2.55. The third-order valence-electron chi connectivity index (χ3n) is 8.11. The number of nitrogens with zero attached hydrogens (tertiary/aromatic N) is 4. The zero-order valence-electron chi connectivity index (χ0n) is 26.0. The first-order valence-corrected chi connectivity index (χ1v) is 15.7. The number of aliphatic imine (C=N–C) groups is 1. The molecule has 0 spiro atoms. The predicted molar refractivity (Wildman–Crippen MR) is 183 cm³/mol. The first-order chi connectivity index (χ1) is 21.0. The summed E-state index contributed by atoms with van der Waals surface area (Å²) in [5.74, 6) is 0.835. The van der Waals surface area contributed by atoms with Gasteiger partial charge in [0.15, 0.2) is 0 Å². The van der Waals surface area contributed by atoms with Crippen molar-refractivity contribution in [3.63, 3.8) is 0 Å². The van der Waals surface area contributed by atoms with E-state index < -0.39 is 12.1 Å². The number of carbonyl (C=O) groups is 2. The van der Waals surface area contributed by atoms with E-state index in [9.17, 15) is 9.59 Å². The number of hydrogen-bond donors (Lipinski definition) is 1. The number of carbonyl (C=O) groups excluding carboxylic acids is 2. The molecule has 2 N–H and O–H groups in total. The van der Waals surface area contributed by atoms with Crippen molar-refractivity contribution >= 4 is 53.4 Å². The number of hydrogen-bond acceptors (Lipinski definition) is 5. The lowest BCUT2D eigenvalue weighted by atomic mass is 9.86. The van der Waals surface area contributed by atoms with Crippen molar-refractivity contribution in [1.29, 1.82) is 0 Å². The minimum atomic E-state index is -0.462. The third-order valence-corrected chi connectivity index (χ3v) is 8.61. The van der Waals surface area contributed by atoms with Gasteiger partial charge in [0.2, 0.25) is 5.91 Å². The molecule has 5 rings (SSSR count). The van der Waals surface area contributed by atoms with Crippen LogP contribution in [0.15, 0.2) is 71.7 Å². The zero-order chi connectivity index (χ0) is 31.6. The van der Waals surface area contributed by atoms with E-state index in [1.54, 1.807) is 4.90 Å². The van der Waals surface area contributed by atoms with Gasteiger partial charge in [-0.15, -0.1) is 12.4 Å². The van der Waals surface area contributed by atoms with E-state index in [1.165, 1.54) is 0 Å². The van der Waals surface area contributed by atoms with Crippen molar-refractivity contribution in [1.82, 2.24) is 14.7 Å². The monoisotopic (exact) mass is 671 g/mol. The normalized spacial score (nSPS) is 18.8. The van der Waals surface area contributed by atoms with Gasteiger partial charge in [-0.2, -0.15) is 0 Å². The van der Waals surface area contributed by atoms with Gasteiger partial charge in [0.25, 0.3) is 0 Å². The largest absolute Gasteiger partial charge is 0.493 e. The number of primary amides is 1. The zero-order valence-corrected chi connectivity index (χ0v) is 28.3. The van der Waals surface area contributed by atoms with Gasteiger partial charge in [0.1, 0.15) is 17.6 Å². The SMILES string of the molecule is CCOc1cc(C(C)(C)C)ccc1C1=N[C@@H](c2ccc(Cl)cc2)[C@@H](c2ccc(Cl)cc2)N1C(=O)N1CCN(CC(N)=O)CC1.Cl. The standard InChI is InChI=1S/C34H39Cl2N5O3.ClH/c1-5-44-28-20-24(34(2,3)4)10-15-27(28)32-38-30(22-6-11-25(35)12-7-22)31(23-8-13-26(36)14-9-23)41(32)33(43)40-18-16-39(17-19-40)21-29(37)42;/h6-15,20,30-31H,5,16-19,21H2,1-4H3,(H2,37,42);1H/t30-,31+;/m0./s1. The smallest absolute Gasteiger partial charge is 0.326 e. The molecule has 2 atom stereocenters. The molecular weight excluding hydrogens is 633 g/mol. The van der Waals surface area contributed by atoms with E-state index in [-0.39, 0.29) is 36.3 Å². The molecule has 2 aliphatic heterocycles. The van der Waals surface area contributed by atoms with Gasteiger partial charge in [-0.05, 0) is 65.4 Å². The maximum absolute atomic E-state index is 14.7. The van der Waals surface area contributed by atoms with Crippen LogP contribution in [0.4, 0.5) is 4.79 Å². The molecule has 3 amide bonds. The predicted octanol–water partition coefficient (Wildman–Crippen LogP) is 6.88. The van der Waals surface area contributed by atoms with Crippen LogP contribution in [0.1, 0.15) is 62.0 Å². The second-order valence-electron chi connectivity index (χ2n) is 12.2. The molecule has 1 fully saturated rings. The summed E-state index contributed by atoms with van der Waals surface area (Å²) >= 11 is 12.6. The van der Waals surface area contributed by atoms with Crippen LogP contribution in [0.3, 0.4) is 0 Å². The van der Waals surface area contributed by atoms with Crippen LogP contribution < -0.4 is 10.5 Å². The van der Waals surface area contributed by atoms with Gasteiger partial charge in [0, 0.05) is 36.2 Å². The van der Waals surface area contributed by atoms with Crippen LogP contribution in [0.5, 0.6) is 5.75 Å². The number of nitrogens with two attached hydrogens (primary N) is 1. The van der Waals surface area contributed by atoms with E-state index in [2.05, 4.69) is 32.9 Å². The molecule has 240 valence electrons. The quantitative estimate of drug-likeness (QED) is 0.296. The summed E-state index contributed by atoms with van der Waals surface area (Å²) in [6.07, 6.45) is 0. The molecule has 0 radical (unpaired) electrons. The van der Waals surface area contributed by atoms with Crippen LogP contribution in [0, 0.1) is 0 Å². The molecule has 11 heteroatoms. The summed E-state index contributed by atoms with van der Waals surface area (Å²) in [6.45, 7) is 11.1. The van der Waals surface area contributed by atoms with Crippen molar-refractivity contribution in [2.75, 3.05) is 39.3 Å². The summed E-state index contributed by atoms with van der Waals surface area (Å²) < 4.78 is 6.21. The Bertz CT molecular complexity index is 1530. The molecule has 0 aliphatic carbocycles. The van der Waals surface area contributed by atoms with Gasteiger partial charge >= 0.3 is 6.03 Å². The van der Waals surface area contributed by atoms with Gasteiger partial charge in [-0.3, -0.25) is 19.6 Å². The Morgan fingerprint density at radius 2 is 1.49 bits per heavy atom. The lowest BCUT2D eigenvalue weighted by Gasteiger charge is -2.38. The second kappa shape index (κ2) is 14.4. The molecule has 1 saturated heterocycles. The van der Waals surface area contributed by atoms with Gasteiger partial charge in [-0.1, -0.05) is 74.3 Å². The summed E-state index contributed by atoms with van der Waals surface area (Å²) in [5.41, 5.74) is 9.03. The summed E-state index contributed by atoms with van der Waals surface area (Å²) in [7, 11) is 0. The Balaban J connectivity index is 0.00000461. The number of benzene rings is 3. The van der Waals surface area contributed by atoms with Gasteiger partial charge in [-0.25, -0.2) is 4.79 Å². The maximum atomic E-state index is 14.7. The number of halogens is 3. The third kappa shape index (κ3) is 7.75. The Morgan fingerprint density at radius 1 is 0.911 bits per heavy atom. The maximum Gasteiger partial charge on any atom is 0.326 e. The molecule has 0 unspecified atom stereocenters. The van der Waals surface area contributed by atoms with Crippen LogP contribution in [-0.4, -0.2) is 71.8 Å². The number of rotatable bonds is 7. The van der Waals surface area contributed by atoms with Crippen molar-refractivity contribution in [2.24, 2.45) is 10.7 Å². The van der Waals surface area contributed by atoms with Gasteiger partial charge in [0.05, 0.1) is 24.8 Å². The molecule has 0 aromatic heterocycles. The number of piperazine rings is 1. The Labute approximate surface area is 281 Å². The Morgan fingerprint density at radius 3 is 2.02 bits per heavy atom. The van der Waals surface area contributed by atoms with Crippen LogP contribution in [-0.2, 0) is 10.2 Å². The average molecular weight is 673 g/mol. The number of ether oxygens (including phenoxy) is 1. The highest BCUT2D eigenvalue weighted by Gasteiger charge is 2.45. The minimum absolute atomic E-state index is 0. The second-order valence-corrected chi connectivity index (χ2v) is 13.1. The van der Waals surface area contributed by atoms with E-state index in [1.807, 2.05) is 71.3 Å². The number of amides is 3. The number of urea groups is 1. The number of amidine groups is 1. The van der Waals surface area contributed by atoms with Crippen LogP contribution >= 0.6 is 35.6 Å². The highest BCUT2D eigenvalue weighted by Crippen LogP contribution is 2.46. The fraction of sp³-hybridized carbons (Fsp3) is 0.382. The Hall–Kier alpha value is -3.30. The summed E-state index contributed by atoms with van der Waals surface area (Å²) in [4.78, 5) is 37.1. The van der Waals surface area contributed by atoms with E-state index in [0.29, 0.717) is 54.4 Å². The fourth-order valence-corrected chi connectivity index (χ4v) is 6.02. The van der Waals surface area contributed by atoms with E-state index in [4.69, 9.17) is 38.7 Å². The molecule has 45 heavy (non-hydrogen) atoms. The highest BCUT2D eigenvalue weighted by molar-refractivity contribution is 6.30. The first-order valence-electron chi connectivity index (χ1n) is 14.9. The van der Waals surface area contributed by atoms with Crippen molar-refractivity contribution in [2.45, 2.75) is 45.2 Å². The van der Waals surface area contributed by atoms with Crippen molar-refractivity contribution in [3.05, 3.63) is 99.0 Å². The lowest BCUT2D eigenvalue weighted by molar-refractivity contribution is -0.119. The Kier molecular flexibility index (Phi) is 11.1. The molecule has 0 saturated carbocycles. The molecule has 2 aliphatic rings. The summed E-state index contributed by atoms with van der Waals surface area (Å²) in [6, 6.07) is 20.3. The fourth-order valence-electron chi connectivity index (χ4n) is 5.77. The molecule has 2 heterocycles. The molecule has 8 nitrogen and oxygen atoms in total. The van der Waals surface area contributed by atoms with Crippen LogP contribution in [0.2, 0.25) is 10.0 Å². The summed E-state index contributed by atoms with van der Waals surface area (Å²) in [5, 5.41) is 1.23. The molecular formula is C34H40Cl3N5O3. The van der Waals surface area contributed by atoms with Gasteiger partial charge < -0.3 is 15.4 Å². The van der Waals surface area contributed by atoms with Crippen LogP contribution in [0.25, 0.3) is 0 Å². The highest BCUT2D eigenvalue weighted by atomic mass is 35.5. The molecule has 3 aromatic rings. The van der Waals surface area contributed by atoms with E-state index in [0.717, 1.165) is 22.3 Å².